The predicted octanol–water partition coefficient (Wildman–Crippen LogP) is 5.54. The summed E-state index contributed by atoms with van der Waals surface area (Å²) in [5.74, 6) is 0. The minimum atomic E-state index is 0.643. The van der Waals surface area contributed by atoms with E-state index in [1.807, 2.05) is 0 Å². The van der Waals surface area contributed by atoms with Gasteiger partial charge in [0.1, 0.15) is 0 Å². The van der Waals surface area contributed by atoms with E-state index in [9.17, 15) is 0 Å². The fourth-order valence-corrected chi connectivity index (χ4v) is 3.98. The minimum Gasteiger partial charge on any atom is -0.354 e. The molecule has 0 radical (unpaired) electrons. The lowest BCUT2D eigenvalue weighted by molar-refractivity contribution is 0.976. The van der Waals surface area contributed by atoms with Crippen LogP contribution in [0.25, 0.3) is 22.2 Å². The fourth-order valence-electron chi connectivity index (χ4n) is 3.98. The van der Waals surface area contributed by atoms with Crippen LogP contribution < -0.4 is 5.73 Å². The lowest BCUT2D eigenvalue weighted by Gasteiger charge is -2.10. The van der Waals surface area contributed by atoms with Gasteiger partial charge in [-0.25, -0.2) is 0 Å². The lowest BCUT2D eigenvalue weighted by atomic mass is 9.93. The van der Waals surface area contributed by atoms with E-state index in [1.165, 1.54) is 50.0 Å². The van der Waals surface area contributed by atoms with Crippen LogP contribution in [0.5, 0.6) is 0 Å². The zero-order valence-corrected chi connectivity index (χ0v) is 16.0. The average molecular weight is 354 g/mol. The van der Waals surface area contributed by atoms with Gasteiger partial charge >= 0.3 is 0 Å². The molecule has 0 aliphatic rings. The molecule has 136 valence electrons. The van der Waals surface area contributed by atoms with E-state index < -0.39 is 0 Å². The summed E-state index contributed by atoms with van der Waals surface area (Å²) in [5, 5.41) is 1.34. The van der Waals surface area contributed by atoms with Crippen molar-refractivity contribution >= 4 is 10.9 Å². The SMILES string of the molecule is Cc1ccc(C)c(Cc2cccc3[nH]c(-c4ccccc4)c(CCN)c23)c1. The maximum atomic E-state index is 5.99. The van der Waals surface area contributed by atoms with Gasteiger partial charge in [-0.3, -0.25) is 0 Å². The Balaban J connectivity index is 1.89. The number of nitrogens with one attached hydrogen (secondary N) is 1. The van der Waals surface area contributed by atoms with Gasteiger partial charge in [0, 0.05) is 16.6 Å². The Hall–Kier alpha value is -2.84. The first-order valence-electron chi connectivity index (χ1n) is 9.61. The third-order valence-electron chi connectivity index (χ3n) is 5.36. The van der Waals surface area contributed by atoms with E-state index in [1.54, 1.807) is 0 Å². The summed E-state index contributed by atoms with van der Waals surface area (Å²) in [6.07, 6.45) is 1.81. The molecule has 1 heterocycles. The summed E-state index contributed by atoms with van der Waals surface area (Å²) in [7, 11) is 0. The van der Waals surface area contributed by atoms with E-state index in [-0.39, 0.29) is 0 Å². The highest BCUT2D eigenvalue weighted by atomic mass is 14.7. The molecule has 0 saturated carbocycles. The Bertz CT molecular complexity index is 1070. The van der Waals surface area contributed by atoms with Crippen molar-refractivity contribution in [3.8, 4) is 11.3 Å². The molecular formula is C25H26N2. The van der Waals surface area contributed by atoms with Crippen molar-refractivity contribution in [2.45, 2.75) is 26.7 Å². The van der Waals surface area contributed by atoms with Crippen LogP contribution in [0.1, 0.15) is 27.8 Å². The van der Waals surface area contributed by atoms with Crippen molar-refractivity contribution in [1.29, 1.82) is 0 Å². The summed E-state index contributed by atoms with van der Waals surface area (Å²) >= 11 is 0. The van der Waals surface area contributed by atoms with Gasteiger partial charge in [0.2, 0.25) is 0 Å². The smallest absolute Gasteiger partial charge is 0.0497 e. The highest BCUT2D eigenvalue weighted by Gasteiger charge is 2.16. The zero-order chi connectivity index (χ0) is 18.8. The van der Waals surface area contributed by atoms with Crippen LogP contribution in [0.4, 0.5) is 0 Å². The minimum absolute atomic E-state index is 0.643. The molecule has 4 aromatic rings. The molecule has 0 saturated heterocycles. The molecule has 0 atom stereocenters. The van der Waals surface area contributed by atoms with E-state index in [2.05, 4.69) is 85.6 Å². The second-order valence-corrected chi connectivity index (χ2v) is 7.33. The number of aromatic amines is 1. The molecule has 0 unspecified atom stereocenters. The molecule has 2 nitrogen and oxygen atoms in total. The molecule has 0 bridgehead atoms. The van der Waals surface area contributed by atoms with Crippen LogP contribution >= 0.6 is 0 Å². The normalized spacial score (nSPS) is 11.2. The largest absolute Gasteiger partial charge is 0.354 e. The van der Waals surface area contributed by atoms with Crippen LogP contribution in [0.15, 0.2) is 66.7 Å². The number of fused-ring (bicyclic) bond motifs is 1. The number of H-pyrrole nitrogens is 1. The third-order valence-corrected chi connectivity index (χ3v) is 5.36. The van der Waals surface area contributed by atoms with Crippen LogP contribution in [0.3, 0.4) is 0 Å². The Morgan fingerprint density at radius 3 is 2.44 bits per heavy atom. The Labute approximate surface area is 161 Å². The first-order chi connectivity index (χ1) is 13.2. The van der Waals surface area contributed by atoms with E-state index in [0.29, 0.717) is 6.54 Å². The standard InChI is InChI=1S/C25H26N2/c1-17-11-12-18(2)21(15-17)16-20-9-6-10-23-24(20)22(13-14-26)25(27-23)19-7-4-3-5-8-19/h3-12,15,27H,13-14,16,26H2,1-2H3. The molecule has 0 aliphatic carbocycles. The first-order valence-corrected chi connectivity index (χ1v) is 9.61. The zero-order valence-electron chi connectivity index (χ0n) is 16.0. The third kappa shape index (κ3) is 3.41. The van der Waals surface area contributed by atoms with Gasteiger partial charge < -0.3 is 10.7 Å². The topological polar surface area (TPSA) is 41.8 Å². The maximum Gasteiger partial charge on any atom is 0.0497 e. The van der Waals surface area contributed by atoms with Gasteiger partial charge in [-0.1, -0.05) is 66.2 Å². The Kier molecular flexibility index (Phi) is 4.83. The van der Waals surface area contributed by atoms with E-state index >= 15 is 0 Å². The molecule has 0 spiro atoms. The van der Waals surface area contributed by atoms with Crippen molar-refractivity contribution in [3.05, 3.63) is 94.5 Å². The second kappa shape index (κ2) is 7.42. The molecule has 2 heteroatoms. The van der Waals surface area contributed by atoms with Gasteiger partial charge in [0.15, 0.2) is 0 Å². The highest BCUT2D eigenvalue weighted by Crippen LogP contribution is 2.34. The molecule has 27 heavy (non-hydrogen) atoms. The summed E-state index contributed by atoms with van der Waals surface area (Å²) in [6, 6.07) is 23.9. The van der Waals surface area contributed by atoms with Crippen LogP contribution in [-0.4, -0.2) is 11.5 Å². The number of hydrogen-bond acceptors (Lipinski definition) is 1. The first kappa shape index (κ1) is 17.6. The molecule has 4 rings (SSSR count). The summed E-state index contributed by atoms with van der Waals surface area (Å²) < 4.78 is 0. The van der Waals surface area contributed by atoms with E-state index in [4.69, 9.17) is 5.73 Å². The van der Waals surface area contributed by atoms with Crippen LogP contribution in [0, 0.1) is 13.8 Å². The molecular weight excluding hydrogens is 328 g/mol. The van der Waals surface area contributed by atoms with Crippen molar-refractivity contribution in [2.75, 3.05) is 6.54 Å². The Morgan fingerprint density at radius 1 is 0.852 bits per heavy atom. The lowest BCUT2D eigenvalue weighted by Crippen LogP contribution is -2.04. The van der Waals surface area contributed by atoms with E-state index in [0.717, 1.165) is 12.8 Å². The quantitative estimate of drug-likeness (QED) is 0.485. The van der Waals surface area contributed by atoms with Crippen LogP contribution in [-0.2, 0) is 12.8 Å². The van der Waals surface area contributed by atoms with Gasteiger partial charge in [0.25, 0.3) is 0 Å². The van der Waals surface area contributed by atoms with Crippen molar-refractivity contribution in [2.24, 2.45) is 5.73 Å². The Morgan fingerprint density at radius 2 is 1.67 bits per heavy atom. The van der Waals surface area contributed by atoms with Gasteiger partial charge in [-0.2, -0.15) is 0 Å². The molecule has 0 amide bonds. The number of aryl methyl sites for hydroxylation is 2. The van der Waals surface area contributed by atoms with Gasteiger partial charge in [-0.05, 0) is 67.1 Å². The van der Waals surface area contributed by atoms with Crippen molar-refractivity contribution < 1.29 is 0 Å². The monoisotopic (exact) mass is 354 g/mol. The maximum absolute atomic E-state index is 5.99. The molecule has 3 aromatic carbocycles. The van der Waals surface area contributed by atoms with Gasteiger partial charge in [-0.15, -0.1) is 0 Å². The molecule has 1 aromatic heterocycles. The average Bonchev–Trinajstić information content (AvgIpc) is 3.05. The number of rotatable bonds is 5. The molecule has 0 fully saturated rings. The highest BCUT2D eigenvalue weighted by molar-refractivity contribution is 5.93. The molecule has 3 N–H and O–H groups in total. The number of nitrogens with two attached hydrogens (primary N) is 1. The number of hydrogen-bond donors (Lipinski definition) is 2. The second-order valence-electron chi connectivity index (χ2n) is 7.33. The molecule has 0 aliphatic heterocycles. The number of aromatic nitrogens is 1. The number of benzene rings is 3. The van der Waals surface area contributed by atoms with Gasteiger partial charge in [0.05, 0.1) is 0 Å². The van der Waals surface area contributed by atoms with Crippen LogP contribution in [0.2, 0.25) is 0 Å². The predicted molar refractivity (Wildman–Crippen MR) is 115 cm³/mol. The summed E-state index contributed by atoms with van der Waals surface area (Å²) in [5.41, 5.74) is 16.3. The van der Waals surface area contributed by atoms with Crippen molar-refractivity contribution in [1.82, 2.24) is 4.98 Å². The fraction of sp³-hybridized carbons (Fsp3) is 0.200. The summed E-state index contributed by atoms with van der Waals surface area (Å²) in [6.45, 7) is 5.00. The summed E-state index contributed by atoms with van der Waals surface area (Å²) in [4.78, 5) is 3.66. The van der Waals surface area contributed by atoms with Crippen molar-refractivity contribution in [3.63, 3.8) is 0 Å².